The summed E-state index contributed by atoms with van der Waals surface area (Å²) in [5.74, 6) is 0.876. The molecule has 16 heavy (non-hydrogen) atoms. The Morgan fingerprint density at radius 2 is 1.94 bits per heavy atom. The monoisotopic (exact) mass is 224 g/mol. The van der Waals surface area contributed by atoms with Gasteiger partial charge in [0, 0.05) is 12.1 Å². The second-order valence-electron chi connectivity index (χ2n) is 5.62. The van der Waals surface area contributed by atoms with Gasteiger partial charge in [0.15, 0.2) is 0 Å². The van der Waals surface area contributed by atoms with Gasteiger partial charge >= 0.3 is 0 Å². The van der Waals surface area contributed by atoms with Crippen LogP contribution in [0.4, 0.5) is 0 Å². The zero-order valence-corrected chi connectivity index (χ0v) is 10.8. The lowest BCUT2D eigenvalue weighted by atomic mass is 9.87. The summed E-state index contributed by atoms with van der Waals surface area (Å²) in [6, 6.07) is 1.58. The summed E-state index contributed by atoms with van der Waals surface area (Å²) >= 11 is 0. The Bertz CT molecular complexity index is 181. The molecule has 2 rings (SSSR count). The van der Waals surface area contributed by atoms with E-state index in [1.807, 2.05) is 0 Å². The highest BCUT2D eigenvalue weighted by atomic mass is 15.0. The largest absolute Gasteiger partial charge is 0.316 e. The summed E-state index contributed by atoms with van der Waals surface area (Å²) in [7, 11) is 0. The third kappa shape index (κ3) is 3.46. The maximum Gasteiger partial charge on any atom is 0.0107 e. The summed E-state index contributed by atoms with van der Waals surface area (Å²) < 4.78 is 0. The molecule has 0 amide bonds. The standard InChI is InChI=1S/C14H28N2/c1-2-14(12-7-6-10-15-11-12)16-13-8-4-3-5-9-13/h12-16H,2-11H2,1H3. The average molecular weight is 224 g/mol. The van der Waals surface area contributed by atoms with Crippen molar-refractivity contribution in [3.8, 4) is 0 Å². The van der Waals surface area contributed by atoms with E-state index in [1.165, 1.54) is 64.5 Å². The molecule has 0 aromatic heterocycles. The van der Waals surface area contributed by atoms with Crippen LogP contribution in [0, 0.1) is 5.92 Å². The highest BCUT2D eigenvalue weighted by Crippen LogP contribution is 2.22. The first kappa shape index (κ1) is 12.4. The molecule has 2 atom stereocenters. The fourth-order valence-corrected chi connectivity index (χ4v) is 3.38. The van der Waals surface area contributed by atoms with Gasteiger partial charge in [-0.2, -0.15) is 0 Å². The SMILES string of the molecule is CCC(NC1CCCCC1)C1CCCNC1. The molecule has 94 valence electrons. The van der Waals surface area contributed by atoms with Crippen LogP contribution in [-0.2, 0) is 0 Å². The van der Waals surface area contributed by atoms with Crippen LogP contribution in [0.1, 0.15) is 58.3 Å². The molecule has 1 saturated carbocycles. The van der Waals surface area contributed by atoms with Crippen LogP contribution in [0.5, 0.6) is 0 Å². The van der Waals surface area contributed by atoms with Gasteiger partial charge in [0.1, 0.15) is 0 Å². The van der Waals surface area contributed by atoms with Gasteiger partial charge in [0.05, 0.1) is 0 Å². The molecule has 0 spiro atoms. The molecule has 2 unspecified atom stereocenters. The van der Waals surface area contributed by atoms with Crippen LogP contribution in [0.2, 0.25) is 0 Å². The van der Waals surface area contributed by atoms with E-state index in [4.69, 9.17) is 0 Å². The van der Waals surface area contributed by atoms with E-state index in [-0.39, 0.29) is 0 Å². The Morgan fingerprint density at radius 3 is 2.56 bits per heavy atom. The van der Waals surface area contributed by atoms with Crippen LogP contribution >= 0.6 is 0 Å². The Hall–Kier alpha value is -0.0800. The Kier molecular flexibility index (Phi) is 5.11. The fourth-order valence-electron chi connectivity index (χ4n) is 3.38. The smallest absolute Gasteiger partial charge is 0.0107 e. The van der Waals surface area contributed by atoms with Gasteiger partial charge in [0.2, 0.25) is 0 Å². The third-order valence-electron chi connectivity index (χ3n) is 4.40. The lowest BCUT2D eigenvalue weighted by Crippen LogP contribution is -2.47. The Balaban J connectivity index is 1.78. The normalized spacial score (nSPS) is 30.2. The van der Waals surface area contributed by atoms with Gasteiger partial charge in [-0.1, -0.05) is 26.2 Å². The highest BCUT2D eigenvalue weighted by Gasteiger charge is 2.24. The Morgan fingerprint density at radius 1 is 1.12 bits per heavy atom. The molecule has 0 aromatic rings. The molecular formula is C14H28N2. The summed E-state index contributed by atoms with van der Waals surface area (Å²) in [4.78, 5) is 0. The first-order valence-corrected chi connectivity index (χ1v) is 7.37. The minimum absolute atomic E-state index is 0.760. The zero-order valence-electron chi connectivity index (χ0n) is 10.8. The van der Waals surface area contributed by atoms with Crippen molar-refractivity contribution >= 4 is 0 Å². The zero-order chi connectivity index (χ0) is 11.2. The summed E-state index contributed by atoms with van der Waals surface area (Å²) in [6.45, 7) is 4.81. The maximum absolute atomic E-state index is 3.94. The van der Waals surface area contributed by atoms with Gasteiger partial charge in [-0.3, -0.25) is 0 Å². The van der Waals surface area contributed by atoms with Crippen molar-refractivity contribution < 1.29 is 0 Å². The van der Waals surface area contributed by atoms with Crippen LogP contribution in [0.3, 0.4) is 0 Å². The Labute approximate surface area is 101 Å². The molecule has 1 heterocycles. The van der Waals surface area contributed by atoms with Crippen molar-refractivity contribution in [2.45, 2.75) is 70.4 Å². The van der Waals surface area contributed by atoms with Crippen LogP contribution in [0.25, 0.3) is 0 Å². The predicted octanol–water partition coefficient (Wildman–Crippen LogP) is 2.69. The number of rotatable bonds is 4. The van der Waals surface area contributed by atoms with Crippen LogP contribution < -0.4 is 10.6 Å². The molecule has 2 aliphatic rings. The second-order valence-corrected chi connectivity index (χ2v) is 5.62. The van der Waals surface area contributed by atoms with E-state index in [0.717, 1.165) is 18.0 Å². The first-order chi connectivity index (χ1) is 7.90. The molecular weight excluding hydrogens is 196 g/mol. The topological polar surface area (TPSA) is 24.1 Å². The fraction of sp³-hybridized carbons (Fsp3) is 1.00. The number of hydrogen-bond acceptors (Lipinski definition) is 2. The van der Waals surface area contributed by atoms with Gasteiger partial charge < -0.3 is 10.6 Å². The van der Waals surface area contributed by atoms with Crippen molar-refractivity contribution in [3.63, 3.8) is 0 Å². The molecule has 0 aromatic carbocycles. The van der Waals surface area contributed by atoms with Gasteiger partial charge in [0.25, 0.3) is 0 Å². The molecule has 2 heteroatoms. The lowest BCUT2D eigenvalue weighted by molar-refractivity contribution is 0.237. The van der Waals surface area contributed by atoms with E-state index in [0.29, 0.717) is 0 Å². The quantitative estimate of drug-likeness (QED) is 0.767. The van der Waals surface area contributed by atoms with Crippen LogP contribution in [0.15, 0.2) is 0 Å². The second kappa shape index (κ2) is 6.61. The van der Waals surface area contributed by atoms with Gasteiger partial charge in [-0.15, -0.1) is 0 Å². The number of nitrogens with one attached hydrogen (secondary N) is 2. The van der Waals surface area contributed by atoms with E-state index >= 15 is 0 Å². The van der Waals surface area contributed by atoms with E-state index in [2.05, 4.69) is 17.6 Å². The lowest BCUT2D eigenvalue weighted by Gasteiger charge is -2.35. The highest BCUT2D eigenvalue weighted by molar-refractivity contribution is 4.84. The third-order valence-corrected chi connectivity index (χ3v) is 4.40. The summed E-state index contributed by atoms with van der Waals surface area (Å²) in [6.07, 6.45) is 11.3. The van der Waals surface area contributed by atoms with E-state index < -0.39 is 0 Å². The van der Waals surface area contributed by atoms with Crippen molar-refractivity contribution in [1.29, 1.82) is 0 Å². The number of hydrogen-bond donors (Lipinski definition) is 2. The molecule has 0 bridgehead atoms. The summed E-state index contributed by atoms with van der Waals surface area (Å²) in [5, 5.41) is 7.48. The minimum atomic E-state index is 0.760. The first-order valence-electron chi connectivity index (χ1n) is 7.37. The molecule has 2 fully saturated rings. The molecule has 2 nitrogen and oxygen atoms in total. The summed E-state index contributed by atoms with van der Waals surface area (Å²) in [5.41, 5.74) is 0. The van der Waals surface area contributed by atoms with Crippen LogP contribution in [-0.4, -0.2) is 25.2 Å². The molecule has 1 saturated heterocycles. The van der Waals surface area contributed by atoms with E-state index in [1.54, 1.807) is 0 Å². The minimum Gasteiger partial charge on any atom is -0.316 e. The van der Waals surface area contributed by atoms with Gasteiger partial charge in [-0.05, 0) is 51.1 Å². The van der Waals surface area contributed by atoms with Crippen molar-refractivity contribution in [1.82, 2.24) is 10.6 Å². The van der Waals surface area contributed by atoms with Gasteiger partial charge in [-0.25, -0.2) is 0 Å². The maximum atomic E-state index is 3.94. The molecule has 0 radical (unpaired) electrons. The average Bonchev–Trinajstić information content (AvgIpc) is 2.38. The van der Waals surface area contributed by atoms with E-state index in [9.17, 15) is 0 Å². The predicted molar refractivity (Wildman–Crippen MR) is 69.7 cm³/mol. The van der Waals surface area contributed by atoms with Crippen molar-refractivity contribution in [2.75, 3.05) is 13.1 Å². The van der Waals surface area contributed by atoms with Crippen molar-refractivity contribution in [3.05, 3.63) is 0 Å². The molecule has 1 aliphatic heterocycles. The number of piperidine rings is 1. The molecule has 1 aliphatic carbocycles. The van der Waals surface area contributed by atoms with Crippen molar-refractivity contribution in [2.24, 2.45) is 5.92 Å². The molecule has 2 N–H and O–H groups in total.